The van der Waals surface area contributed by atoms with Gasteiger partial charge in [-0.15, -0.1) is 0 Å². The van der Waals surface area contributed by atoms with Crippen LogP contribution in [0.3, 0.4) is 0 Å². The van der Waals surface area contributed by atoms with Crippen LogP contribution in [0.5, 0.6) is 0 Å². The number of benzene rings is 1. The Labute approximate surface area is 145 Å². The maximum Gasteiger partial charge on any atom is 0.418 e. The molecule has 1 N–H and O–H groups in total. The number of nitrogens with zero attached hydrogens (tertiary/aromatic N) is 1. The SMILES string of the molecule is CC(=O)N(CCNC(=O)C1CCCCC1)c1ccccc1C(F)(F)F. The first-order valence-electron chi connectivity index (χ1n) is 8.52. The first kappa shape index (κ1) is 19.3. The van der Waals surface area contributed by atoms with Gasteiger partial charge in [-0.25, -0.2) is 0 Å². The lowest BCUT2D eigenvalue weighted by atomic mass is 9.89. The molecular formula is C18H23F3N2O2. The van der Waals surface area contributed by atoms with Crippen LogP contribution in [0, 0.1) is 5.92 Å². The van der Waals surface area contributed by atoms with Gasteiger partial charge in [-0.2, -0.15) is 13.2 Å². The summed E-state index contributed by atoms with van der Waals surface area (Å²) in [5.41, 5.74) is -1.04. The van der Waals surface area contributed by atoms with Gasteiger partial charge in [0.2, 0.25) is 11.8 Å². The number of nitrogens with one attached hydrogen (secondary N) is 1. The van der Waals surface area contributed by atoms with Crippen molar-refractivity contribution >= 4 is 17.5 Å². The van der Waals surface area contributed by atoms with Gasteiger partial charge in [-0.1, -0.05) is 31.4 Å². The summed E-state index contributed by atoms with van der Waals surface area (Å²) < 4.78 is 39.5. The highest BCUT2D eigenvalue weighted by atomic mass is 19.4. The van der Waals surface area contributed by atoms with E-state index in [9.17, 15) is 22.8 Å². The van der Waals surface area contributed by atoms with Crippen LogP contribution in [-0.4, -0.2) is 24.9 Å². The highest BCUT2D eigenvalue weighted by molar-refractivity contribution is 5.92. The molecule has 1 aromatic carbocycles. The van der Waals surface area contributed by atoms with Gasteiger partial charge in [0.25, 0.3) is 0 Å². The molecule has 0 bridgehead atoms. The second kappa shape index (κ2) is 8.36. The molecule has 0 unspecified atom stereocenters. The van der Waals surface area contributed by atoms with Gasteiger partial charge in [0.1, 0.15) is 0 Å². The van der Waals surface area contributed by atoms with Crippen LogP contribution in [0.4, 0.5) is 18.9 Å². The molecular weight excluding hydrogens is 333 g/mol. The average Bonchev–Trinajstić information content (AvgIpc) is 2.58. The van der Waals surface area contributed by atoms with E-state index in [0.29, 0.717) is 0 Å². The average molecular weight is 356 g/mol. The number of carbonyl (C=O) groups excluding carboxylic acids is 2. The van der Waals surface area contributed by atoms with Crippen molar-refractivity contribution in [3.63, 3.8) is 0 Å². The first-order valence-corrected chi connectivity index (χ1v) is 8.52. The lowest BCUT2D eigenvalue weighted by Gasteiger charge is -2.26. The standard InChI is InChI=1S/C18H23F3N2O2/c1-13(24)23(16-10-6-5-9-15(16)18(19,20)21)12-11-22-17(25)14-7-3-2-4-8-14/h5-6,9-10,14H,2-4,7-8,11-12H2,1H3,(H,22,25). The minimum Gasteiger partial charge on any atom is -0.354 e. The summed E-state index contributed by atoms with van der Waals surface area (Å²) >= 11 is 0. The number of rotatable bonds is 5. The molecule has 7 heteroatoms. The van der Waals surface area contributed by atoms with E-state index < -0.39 is 17.6 Å². The molecule has 0 heterocycles. The number of amides is 2. The molecule has 2 amide bonds. The molecule has 0 atom stereocenters. The van der Waals surface area contributed by atoms with E-state index in [2.05, 4.69) is 5.32 Å². The van der Waals surface area contributed by atoms with Crippen molar-refractivity contribution in [2.45, 2.75) is 45.2 Å². The third kappa shape index (κ3) is 5.21. The van der Waals surface area contributed by atoms with Gasteiger partial charge in [0, 0.05) is 25.9 Å². The minimum absolute atomic E-state index is 0.000880. The van der Waals surface area contributed by atoms with Crippen molar-refractivity contribution in [1.29, 1.82) is 0 Å². The van der Waals surface area contributed by atoms with Crippen LogP contribution in [-0.2, 0) is 15.8 Å². The van der Waals surface area contributed by atoms with Crippen molar-refractivity contribution in [2.24, 2.45) is 5.92 Å². The molecule has 1 aliphatic rings. The molecule has 1 fully saturated rings. The molecule has 1 saturated carbocycles. The molecule has 0 radical (unpaired) electrons. The zero-order valence-electron chi connectivity index (χ0n) is 14.2. The van der Waals surface area contributed by atoms with E-state index in [-0.39, 0.29) is 30.6 Å². The van der Waals surface area contributed by atoms with Crippen LogP contribution in [0.15, 0.2) is 24.3 Å². The van der Waals surface area contributed by atoms with E-state index in [0.717, 1.165) is 43.1 Å². The predicted molar refractivity (Wildman–Crippen MR) is 89.1 cm³/mol. The third-order valence-electron chi connectivity index (χ3n) is 4.49. The molecule has 0 spiro atoms. The first-order chi connectivity index (χ1) is 11.8. The number of para-hydroxylation sites is 1. The third-order valence-corrected chi connectivity index (χ3v) is 4.49. The number of alkyl halides is 3. The summed E-state index contributed by atoms with van der Waals surface area (Å²) in [6.45, 7) is 1.35. The van der Waals surface area contributed by atoms with E-state index in [1.54, 1.807) is 0 Å². The number of carbonyl (C=O) groups is 2. The Bertz CT molecular complexity index is 611. The van der Waals surface area contributed by atoms with Gasteiger partial charge < -0.3 is 10.2 Å². The molecule has 25 heavy (non-hydrogen) atoms. The largest absolute Gasteiger partial charge is 0.418 e. The Kier molecular flexibility index (Phi) is 6.45. The molecule has 138 valence electrons. The molecule has 0 aromatic heterocycles. The zero-order valence-corrected chi connectivity index (χ0v) is 14.2. The van der Waals surface area contributed by atoms with Gasteiger partial charge in [0.05, 0.1) is 11.3 Å². The maximum atomic E-state index is 13.2. The van der Waals surface area contributed by atoms with E-state index >= 15 is 0 Å². The lowest BCUT2D eigenvalue weighted by molar-refractivity contribution is -0.137. The van der Waals surface area contributed by atoms with E-state index in [4.69, 9.17) is 0 Å². The maximum absolute atomic E-state index is 13.2. The lowest BCUT2D eigenvalue weighted by Crippen LogP contribution is -2.40. The Morgan fingerprint density at radius 2 is 1.80 bits per heavy atom. The molecule has 1 aromatic rings. The molecule has 0 saturated heterocycles. The number of anilines is 1. The second-order valence-electron chi connectivity index (χ2n) is 6.31. The fourth-order valence-corrected chi connectivity index (χ4v) is 3.20. The van der Waals surface area contributed by atoms with Crippen LogP contribution in [0.25, 0.3) is 0 Å². The summed E-state index contributed by atoms with van der Waals surface area (Å²) in [7, 11) is 0. The Morgan fingerprint density at radius 1 is 1.16 bits per heavy atom. The van der Waals surface area contributed by atoms with Crippen molar-refractivity contribution in [1.82, 2.24) is 5.32 Å². The number of hydrogen-bond acceptors (Lipinski definition) is 2. The minimum atomic E-state index is -4.55. The summed E-state index contributed by atoms with van der Waals surface area (Å²) in [6.07, 6.45) is 0.331. The predicted octanol–water partition coefficient (Wildman–Crippen LogP) is 3.75. The molecule has 2 rings (SSSR count). The normalized spacial score (nSPS) is 15.7. The summed E-state index contributed by atoms with van der Waals surface area (Å²) in [6, 6.07) is 4.97. The van der Waals surface area contributed by atoms with Crippen LogP contribution < -0.4 is 10.2 Å². The number of hydrogen-bond donors (Lipinski definition) is 1. The smallest absolute Gasteiger partial charge is 0.354 e. The fourth-order valence-electron chi connectivity index (χ4n) is 3.20. The Morgan fingerprint density at radius 3 is 2.40 bits per heavy atom. The van der Waals surface area contributed by atoms with Crippen LogP contribution >= 0.6 is 0 Å². The number of halogens is 3. The zero-order chi connectivity index (χ0) is 18.4. The van der Waals surface area contributed by atoms with Crippen molar-refractivity contribution < 1.29 is 22.8 Å². The molecule has 4 nitrogen and oxygen atoms in total. The summed E-state index contributed by atoms with van der Waals surface area (Å²) in [5, 5.41) is 2.75. The Hall–Kier alpha value is -2.05. The highest BCUT2D eigenvalue weighted by Crippen LogP contribution is 2.36. The van der Waals surface area contributed by atoms with Crippen molar-refractivity contribution in [2.75, 3.05) is 18.0 Å². The van der Waals surface area contributed by atoms with Gasteiger partial charge in [-0.05, 0) is 25.0 Å². The molecule has 0 aliphatic heterocycles. The van der Waals surface area contributed by atoms with Crippen LogP contribution in [0.2, 0.25) is 0 Å². The monoisotopic (exact) mass is 356 g/mol. The summed E-state index contributed by atoms with van der Waals surface area (Å²) in [4.78, 5) is 25.0. The quantitative estimate of drug-likeness (QED) is 0.873. The van der Waals surface area contributed by atoms with Gasteiger partial charge >= 0.3 is 6.18 Å². The topological polar surface area (TPSA) is 49.4 Å². The Balaban J connectivity index is 2.02. The van der Waals surface area contributed by atoms with E-state index in [1.807, 2.05) is 0 Å². The molecule has 1 aliphatic carbocycles. The highest BCUT2D eigenvalue weighted by Gasteiger charge is 2.35. The fraction of sp³-hybridized carbons (Fsp3) is 0.556. The second-order valence-corrected chi connectivity index (χ2v) is 6.31. The van der Waals surface area contributed by atoms with Crippen LogP contribution in [0.1, 0.15) is 44.6 Å². The van der Waals surface area contributed by atoms with Crippen molar-refractivity contribution in [3.8, 4) is 0 Å². The van der Waals surface area contributed by atoms with E-state index in [1.165, 1.54) is 25.1 Å². The summed E-state index contributed by atoms with van der Waals surface area (Å²) in [5.74, 6) is -0.599. The van der Waals surface area contributed by atoms with Gasteiger partial charge in [0.15, 0.2) is 0 Å². The van der Waals surface area contributed by atoms with Crippen molar-refractivity contribution in [3.05, 3.63) is 29.8 Å². The van der Waals surface area contributed by atoms with Gasteiger partial charge in [-0.3, -0.25) is 9.59 Å².